The second kappa shape index (κ2) is 16.4. The van der Waals surface area contributed by atoms with Crippen LogP contribution in [-0.4, -0.2) is 34.5 Å². The summed E-state index contributed by atoms with van der Waals surface area (Å²) < 4.78 is 18.8. The average molecular weight is 704 g/mol. The zero-order valence-electron chi connectivity index (χ0n) is 25.0. The zero-order chi connectivity index (χ0) is 31.3. The maximum absolute atomic E-state index is 9.89. The summed E-state index contributed by atoms with van der Waals surface area (Å²) >= 11 is -4.59. The maximum Gasteiger partial charge on any atom is 0.121 e. The summed E-state index contributed by atoms with van der Waals surface area (Å²) in [5.74, 6) is 0. The third kappa shape index (κ3) is 8.29. The van der Waals surface area contributed by atoms with Gasteiger partial charge in [-0.3, -0.25) is 0 Å². The van der Waals surface area contributed by atoms with Gasteiger partial charge in [-0.05, 0) is 0 Å². The zero-order valence-corrected chi connectivity index (χ0v) is 28.7. The normalized spacial score (nSPS) is 10.8. The molecule has 0 saturated carbocycles. The molecule has 0 radical (unpaired) electrons. The van der Waals surface area contributed by atoms with Crippen LogP contribution in [0.15, 0.2) is 182 Å². The van der Waals surface area contributed by atoms with E-state index in [-0.39, 0.29) is 0 Å². The van der Waals surface area contributed by atoms with Crippen LogP contribution in [0.1, 0.15) is 0 Å². The van der Waals surface area contributed by atoms with Crippen molar-refractivity contribution in [1.82, 2.24) is 0 Å². The van der Waals surface area contributed by atoms with Gasteiger partial charge in [0.15, 0.2) is 0 Å². The molecular formula is C38H36As2BFO2. The number of hydrogen-bond donors (Lipinski definition) is 0. The molecule has 0 aliphatic heterocycles. The van der Waals surface area contributed by atoms with E-state index in [0.29, 0.717) is 0 Å². The topological polar surface area (TPSA) is 46.1 Å². The Morgan fingerprint density at radius 2 is 0.455 bits per heavy atom. The molecule has 0 aromatic heterocycles. The smallest absolute Gasteiger partial charge is 0.121 e. The van der Waals surface area contributed by atoms with Crippen LogP contribution in [0.5, 0.6) is 0 Å². The van der Waals surface area contributed by atoms with Gasteiger partial charge >= 0.3 is 247 Å². The number of benzene rings is 6. The Kier molecular flexibility index (Phi) is 12.4. The van der Waals surface area contributed by atoms with Gasteiger partial charge < -0.3 is 14.4 Å². The Morgan fingerprint density at radius 1 is 0.341 bits per heavy atom. The number of halogens is 1. The third-order valence-corrected chi connectivity index (χ3v) is 24.4. The Morgan fingerprint density at radius 3 is 0.568 bits per heavy atom. The van der Waals surface area contributed by atoms with Crippen molar-refractivity contribution in [2.45, 2.75) is 11.4 Å². The molecule has 6 aromatic rings. The van der Waals surface area contributed by atoms with Crippen molar-refractivity contribution in [3.8, 4) is 0 Å². The molecule has 6 rings (SSSR count). The fourth-order valence-corrected chi connectivity index (χ4v) is 18.7. The van der Waals surface area contributed by atoms with E-state index in [0.717, 1.165) is 0 Å². The minimum Gasteiger partial charge on any atom is -0.867 e. The first kappa shape index (κ1) is 33.2. The van der Waals surface area contributed by atoms with Gasteiger partial charge in [-0.15, -0.1) is 0 Å². The molecule has 220 valence electrons. The summed E-state index contributed by atoms with van der Waals surface area (Å²) in [5.41, 5.74) is 4.94. The second-order valence-corrected chi connectivity index (χ2v) is 25.2. The van der Waals surface area contributed by atoms with Crippen LogP contribution in [0.4, 0.5) is 4.32 Å². The van der Waals surface area contributed by atoms with Crippen LogP contribution >= 0.6 is 0 Å². The first-order chi connectivity index (χ1) is 21.4. The van der Waals surface area contributed by atoms with E-state index in [2.05, 4.69) is 193 Å². The largest absolute Gasteiger partial charge is 0.867 e. The van der Waals surface area contributed by atoms with Gasteiger partial charge in [0.2, 0.25) is 0 Å². The van der Waals surface area contributed by atoms with E-state index in [4.69, 9.17) is 10.0 Å². The third-order valence-electron chi connectivity index (χ3n) is 7.64. The Balaban J connectivity index is 0.000000179. The summed E-state index contributed by atoms with van der Waals surface area (Å²) in [4.78, 5) is 0. The summed E-state index contributed by atoms with van der Waals surface area (Å²) in [6.45, 7) is 0. The fourth-order valence-electron chi connectivity index (χ4n) is 5.25. The van der Waals surface area contributed by atoms with Gasteiger partial charge in [0.1, 0.15) is 7.40 Å². The van der Waals surface area contributed by atoms with E-state index in [1.54, 1.807) is 0 Å². The van der Waals surface area contributed by atoms with Crippen LogP contribution in [0.3, 0.4) is 0 Å². The summed E-state index contributed by atoms with van der Waals surface area (Å²) in [5, 5.41) is 16.6. The van der Waals surface area contributed by atoms with Crippen molar-refractivity contribution in [3.63, 3.8) is 0 Å². The molecule has 6 aromatic carbocycles. The van der Waals surface area contributed by atoms with Crippen LogP contribution in [-0.2, 0) is 0 Å². The minimum atomic E-state index is -3.17. The summed E-state index contributed by atoms with van der Waals surface area (Å²) in [6.07, 6.45) is 0. The molecule has 6 heteroatoms. The average Bonchev–Trinajstić information content (AvgIpc) is 3.10. The first-order valence-corrected chi connectivity index (χ1v) is 23.8. The fraction of sp³-hybridized carbons (Fsp3) is 0.0526. The molecule has 0 atom stereocenters. The molecule has 44 heavy (non-hydrogen) atoms. The molecule has 0 N–H and O–H groups in total. The Bertz CT molecular complexity index is 1320. The van der Waals surface area contributed by atoms with Gasteiger partial charge in [-0.2, -0.15) is 0 Å². The van der Waals surface area contributed by atoms with Crippen molar-refractivity contribution < 1.29 is 14.4 Å². The second-order valence-electron chi connectivity index (χ2n) is 10.3. The molecule has 2 nitrogen and oxygen atoms in total. The van der Waals surface area contributed by atoms with Crippen molar-refractivity contribution in [3.05, 3.63) is 182 Å². The molecular weight excluding hydrogens is 668 g/mol. The van der Waals surface area contributed by atoms with Crippen molar-refractivity contribution in [2.24, 2.45) is 0 Å². The van der Waals surface area contributed by atoms with Crippen molar-refractivity contribution in [2.75, 3.05) is 0 Å². The standard InChI is InChI=1S/2C19H18As.BFO2/c2*1-20(17-11-5-2-6-12-17,18-13-7-3-8-14-18)19-15-9-4-10-16-19;2-1(3)4/h2*2-16H,1H3;/q2*+1;-2. The van der Waals surface area contributed by atoms with Crippen molar-refractivity contribution >= 4 is 60.6 Å². The van der Waals surface area contributed by atoms with E-state index in [9.17, 15) is 4.32 Å². The molecule has 0 spiro atoms. The molecule has 0 unspecified atom stereocenters. The summed E-state index contributed by atoms with van der Waals surface area (Å²) in [7, 11) is -3.17. The molecule has 0 heterocycles. The molecule has 0 aliphatic rings. The van der Waals surface area contributed by atoms with Crippen LogP contribution in [0, 0.1) is 0 Å². The summed E-state index contributed by atoms with van der Waals surface area (Å²) in [6, 6.07) is 65.8. The van der Waals surface area contributed by atoms with E-state index < -0.39 is 34.5 Å². The Hall–Kier alpha value is -3.65. The van der Waals surface area contributed by atoms with Gasteiger partial charge in [0.05, 0.1) is 0 Å². The molecule has 0 saturated heterocycles. The molecule has 0 fully saturated rings. The molecule has 0 aliphatic carbocycles. The van der Waals surface area contributed by atoms with Crippen LogP contribution in [0.2, 0.25) is 11.4 Å². The maximum atomic E-state index is 9.89. The quantitative estimate of drug-likeness (QED) is 0.251. The van der Waals surface area contributed by atoms with E-state index in [1.807, 2.05) is 0 Å². The van der Waals surface area contributed by atoms with Crippen LogP contribution < -0.4 is 36.2 Å². The number of hydrogen-bond acceptors (Lipinski definition) is 2. The van der Waals surface area contributed by atoms with Gasteiger partial charge in [0.25, 0.3) is 0 Å². The van der Waals surface area contributed by atoms with E-state index in [1.165, 1.54) is 26.1 Å². The van der Waals surface area contributed by atoms with Gasteiger partial charge in [-0.1, -0.05) is 0 Å². The Labute approximate surface area is 267 Å². The number of rotatable bonds is 6. The monoisotopic (exact) mass is 704 g/mol. The van der Waals surface area contributed by atoms with E-state index >= 15 is 0 Å². The molecule has 0 bridgehead atoms. The minimum absolute atomic E-state index is 1.49. The predicted molar refractivity (Wildman–Crippen MR) is 187 cm³/mol. The molecule has 0 amide bonds. The first-order valence-electron chi connectivity index (χ1n) is 14.4. The predicted octanol–water partition coefficient (Wildman–Crippen LogP) is 3.23. The van der Waals surface area contributed by atoms with Crippen molar-refractivity contribution in [1.29, 1.82) is 0 Å². The van der Waals surface area contributed by atoms with Crippen LogP contribution in [0.25, 0.3) is 0 Å². The SMILES string of the molecule is C[As+](c1ccccc1)(c1ccccc1)c1ccccc1.C[As+](c1ccccc1)(c1ccccc1)c1ccccc1.[O-]B([O-])F. The van der Waals surface area contributed by atoms with Gasteiger partial charge in [-0.25, -0.2) is 0 Å². The van der Waals surface area contributed by atoms with Gasteiger partial charge in [0, 0.05) is 0 Å².